The number of carbonyl (C=O) groups is 1. The number of nitrogens with zero attached hydrogens (tertiary/aromatic N) is 4. The van der Waals surface area contributed by atoms with E-state index in [4.69, 9.17) is 9.47 Å². The lowest BCUT2D eigenvalue weighted by atomic mass is 9.69. The quantitative estimate of drug-likeness (QED) is 0.326. The Morgan fingerprint density at radius 2 is 1.98 bits per heavy atom. The van der Waals surface area contributed by atoms with Gasteiger partial charge in [0.2, 0.25) is 5.56 Å². The van der Waals surface area contributed by atoms with E-state index in [9.17, 15) is 9.59 Å². The molecule has 0 aliphatic carbocycles. The van der Waals surface area contributed by atoms with E-state index >= 15 is 0 Å². The highest BCUT2D eigenvalue weighted by Gasteiger charge is 2.41. The lowest BCUT2D eigenvalue weighted by Gasteiger charge is -2.34. The third kappa shape index (κ3) is 5.38. The summed E-state index contributed by atoms with van der Waals surface area (Å²) in [7, 11) is 3.32. The van der Waals surface area contributed by atoms with E-state index < -0.39 is 5.41 Å². The summed E-state index contributed by atoms with van der Waals surface area (Å²) in [5.41, 5.74) is 6.92. The molecule has 216 valence electrons. The Kier molecular flexibility index (Phi) is 7.74. The Bertz CT molecular complexity index is 1650. The van der Waals surface area contributed by atoms with Crippen molar-refractivity contribution >= 4 is 17.0 Å². The van der Waals surface area contributed by atoms with Crippen molar-refractivity contribution in [2.45, 2.75) is 66.2 Å². The van der Waals surface area contributed by atoms with Crippen LogP contribution in [0.15, 0.2) is 47.3 Å². The van der Waals surface area contributed by atoms with E-state index in [0.29, 0.717) is 13.1 Å². The van der Waals surface area contributed by atoms with Crippen molar-refractivity contribution < 1.29 is 14.3 Å². The zero-order valence-corrected chi connectivity index (χ0v) is 24.9. The molecule has 2 aromatic heterocycles. The number of pyridine rings is 1. The minimum Gasteiger partial charge on any atom is -0.487 e. The molecule has 5 rings (SSSR count). The fourth-order valence-corrected chi connectivity index (χ4v) is 6.07. The number of nitrogens with one attached hydrogen (secondary N) is 1. The van der Waals surface area contributed by atoms with Gasteiger partial charge in [-0.25, -0.2) is 4.68 Å². The Labute approximate surface area is 240 Å². The van der Waals surface area contributed by atoms with Crippen LogP contribution >= 0.6 is 0 Å². The summed E-state index contributed by atoms with van der Waals surface area (Å²) in [6, 6.07) is 13.8. The van der Waals surface area contributed by atoms with Gasteiger partial charge in [-0.3, -0.25) is 14.5 Å². The van der Waals surface area contributed by atoms with Crippen molar-refractivity contribution in [3.63, 3.8) is 0 Å². The number of hydrogen-bond donors (Lipinski definition) is 1. The first-order valence-electron chi connectivity index (χ1n) is 14.1. The number of fused-ring (bicyclic) bond motifs is 2. The van der Waals surface area contributed by atoms with E-state index in [1.807, 2.05) is 33.9 Å². The molecule has 0 saturated carbocycles. The topological polar surface area (TPSA) is 102 Å². The number of rotatable bonds is 7. The number of hydrogen-bond acceptors (Lipinski definition) is 7. The molecule has 9 nitrogen and oxygen atoms in total. The molecule has 41 heavy (non-hydrogen) atoms. The Morgan fingerprint density at radius 3 is 2.71 bits per heavy atom. The molecule has 0 amide bonds. The van der Waals surface area contributed by atoms with E-state index in [-0.39, 0.29) is 23.6 Å². The standard InChI is InChI=1S/C32H39N5O4/c1-8-23-17-37(18-25-27(41-23)13-14-28(38)33-25)16-22-15-21(10-9-19(22)2)29(32(4,5)31(39)40-7)24-11-12-26-30(20(24)3)34-35-36(26)6/h9-15,23,29H,8,16-18H2,1-7H3,(H,33,38)/t23-,29-/m0/s1. The number of aromatic nitrogens is 4. The molecular weight excluding hydrogens is 518 g/mol. The molecule has 0 bridgehead atoms. The first kappa shape index (κ1) is 28.5. The monoisotopic (exact) mass is 557 g/mol. The van der Waals surface area contributed by atoms with Crippen LogP contribution in [0.25, 0.3) is 11.0 Å². The van der Waals surface area contributed by atoms with Gasteiger partial charge in [0, 0.05) is 38.7 Å². The minimum atomic E-state index is -0.857. The molecule has 1 aliphatic heterocycles. The number of carbonyl (C=O) groups excluding carboxylic acids is 1. The van der Waals surface area contributed by atoms with Crippen molar-refractivity contribution in [2.75, 3.05) is 13.7 Å². The summed E-state index contributed by atoms with van der Waals surface area (Å²) in [5.74, 6) is 0.173. The molecule has 0 radical (unpaired) electrons. The summed E-state index contributed by atoms with van der Waals surface area (Å²) >= 11 is 0. The molecule has 1 N–H and O–H groups in total. The van der Waals surface area contributed by atoms with Crippen LogP contribution in [0.4, 0.5) is 0 Å². The molecule has 4 aromatic rings. The largest absolute Gasteiger partial charge is 0.487 e. The summed E-state index contributed by atoms with van der Waals surface area (Å²) in [6.07, 6.45) is 0.867. The van der Waals surface area contributed by atoms with E-state index in [1.54, 1.807) is 10.7 Å². The second-order valence-electron chi connectivity index (χ2n) is 11.7. The highest BCUT2D eigenvalue weighted by Crippen LogP contribution is 2.44. The van der Waals surface area contributed by atoms with Gasteiger partial charge in [0.1, 0.15) is 17.4 Å². The molecule has 3 heterocycles. The maximum atomic E-state index is 13.2. The van der Waals surface area contributed by atoms with Crippen molar-refractivity contribution in [3.8, 4) is 5.75 Å². The molecule has 1 aliphatic rings. The summed E-state index contributed by atoms with van der Waals surface area (Å²) in [4.78, 5) is 30.6. The van der Waals surface area contributed by atoms with Gasteiger partial charge in [0.25, 0.3) is 0 Å². The second kappa shape index (κ2) is 11.1. The molecule has 0 unspecified atom stereocenters. The van der Waals surface area contributed by atoms with Crippen molar-refractivity contribution in [1.29, 1.82) is 0 Å². The van der Waals surface area contributed by atoms with Crippen LogP contribution in [0.3, 0.4) is 0 Å². The number of esters is 1. The van der Waals surface area contributed by atoms with Gasteiger partial charge >= 0.3 is 5.97 Å². The fraction of sp³-hybridized carbons (Fsp3) is 0.438. The van der Waals surface area contributed by atoms with Gasteiger partial charge < -0.3 is 14.5 Å². The second-order valence-corrected chi connectivity index (χ2v) is 11.7. The van der Waals surface area contributed by atoms with Crippen molar-refractivity contribution in [1.82, 2.24) is 24.9 Å². The first-order chi connectivity index (χ1) is 19.5. The number of aromatic amines is 1. The molecule has 0 spiro atoms. The predicted octanol–water partition coefficient (Wildman–Crippen LogP) is 4.78. The molecule has 2 atom stereocenters. The van der Waals surface area contributed by atoms with E-state index in [0.717, 1.165) is 63.3 Å². The van der Waals surface area contributed by atoms with Gasteiger partial charge in [0.15, 0.2) is 0 Å². The fourth-order valence-electron chi connectivity index (χ4n) is 6.07. The van der Waals surface area contributed by atoms with Crippen LogP contribution in [0.1, 0.15) is 66.6 Å². The summed E-state index contributed by atoms with van der Waals surface area (Å²) in [6.45, 7) is 12.1. The number of methoxy groups -OCH3 is 1. The van der Waals surface area contributed by atoms with Gasteiger partial charge in [-0.1, -0.05) is 36.4 Å². The van der Waals surface area contributed by atoms with Gasteiger partial charge in [-0.2, -0.15) is 0 Å². The number of benzene rings is 2. The zero-order valence-electron chi connectivity index (χ0n) is 24.9. The smallest absolute Gasteiger partial charge is 0.312 e. The molecule has 0 fully saturated rings. The third-order valence-electron chi connectivity index (χ3n) is 8.47. The summed E-state index contributed by atoms with van der Waals surface area (Å²) < 4.78 is 13.3. The molecule has 2 aromatic carbocycles. The van der Waals surface area contributed by atoms with Gasteiger partial charge in [-0.15, -0.1) is 5.10 Å². The van der Waals surface area contributed by atoms with Gasteiger partial charge in [-0.05, 0) is 74.1 Å². The average Bonchev–Trinajstić information content (AvgIpc) is 3.23. The van der Waals surface area contributed by atoms with Crippen LogP contribution in [-0.2, 0) is 29.7 Å². The van der Waals surface area contributed by atoms with Crippen molar-refractivity contribution in [2.24, 2.45) is 12.5 Å². The lowest BCUT2D eigenvalue weighted by molar-refractivity contribution is -0.151. The zero-order chi connectivity index (χ0) is 29.5. The van der Waals surface area contributed by atoms with Gasteiger partial charge in [0.05, 0.1) is 23.7 Å². The number of ether oxygens (including phenoxy) is 2. The first-order valence-corrected chi connectivity index (χ1v) is 14.1. The maximum absolute atomic E-state index is 13.2. The Morgan fingerprint density at radius 1 is 1.20 bits per heavy atom. The van der Waals surface area contributed by atoms with Crippen molar-refractivity contribution in [3.05, 3.63) is 86.3 Å². The van der Waals surface area contributed by atoms with Crippen LogP contribution < -0.4 is 10.3 Å². The van der Waals surface area contributed by atoms with E-state index in [2.05, 4.69) is 58.3 Å². The average molecular weight is 558 g/mol. The minimum absolute atomic E-state index is 0.0120. The van der Waals surface area contributed by atoms with Crippen LogP contribution in [-0.4, -0.2) is 50.6 Å². The normalized spacial score (nSPS) is 16.6. The van der Waals surface area contributed by atoms with Crippen LogP contribution in [0.5, 0.6) is 5.75 Å². The number of H-pyrrole nitrogens is 1. The van der Waals surface area contributed by atoms with Crippen LogP contribution in [0, 0.1) is 19.3 Å². The Hall–Kier alpha value is -3.98. The highest BCUT2D eigenvalue weighted by atomic mass is 16.5. The summed E-state index contributed by atoms with van der Waals surface area (Å²) in [5, 5.41) is 8.63. The van der Waals surface area contributed by atoms with E-state index in [1.165, 1.54) is 13.2 Å². The lowest BCUT2D eigenvalue weighted by Crippen LogP contribution is -2.34. The molecular formula is C32H39N5O4. The molecule has 0 saturated heterocycles. The Balaban J connectivity index is 1.58. The van der Waals surface area contributed by atoms with Crippen LogP contribution in [0.2, 0.25) is 0 Å². The highest BCUT2D eigenvalue weighted by molar-refractivity contribution is 5.82. The third-order valence-corrected chi connectivity index (χ3v) is 8.47. The molecule has 9 heteroatoms. The predicted molar refractivity (Wildman–Crippen MR) is 158 cm³/mol. The SMILES string of the molecule is CC[C@H]1CN(Cc2cc([C@@H](c3ccc4c(nnn4C)c3C)C(C)(C)C(=O)OC)ccc2C)Cc2[nH]c(=O)ccc2O1. The number of aryl methyl sites for hydroxylation is 3. The maximum Gasteiger partial charge on any atom is 0.312 e.